The second kappa shape index (κ2) is 15.4. The van der Waals surface area contributed by atoms with Gasteiger partial charge in [-0.05, 0) is 58.2 Å². The first-order valence-electron chi connectivity index (χ1n) is 14.9. The molecular weight excluding hydrogens is 630 g/mol. The minimum absolute atomic E-state index is 0.188. The number of nitrogens with one attached hydrogen (secondary N) is 4. The van der Waals surface area contributed by atoms with Gasteiger partial charge in [-0.2, -0.15) is 0 Å². The summed E-state index contributed by atoms with van der Waals surface area (Å²) in [6.45, 7) is 13.2. The van der Waals surface area contributed by atoms with E-state index in [2.05, 4.69) is 26.3 Å². The Morgan fingerprint density at radius 3 is 2.06 bits per heavy atom. The molecule has 15 nitrogen and oxygen atoms in total. The molecule has 260 valence electrons. The van der Waals surface area contributed by atoms with Crippen LogP contribution in [0.2, 0.25) is 0 Å². The van der Waals surface area contributed by atoms with E-state index >= 15 is 0 Å². The lowest BCUT2D eigenvalue weighted by molar-refractivity contribution is -0.202. The van der Waals surface area contributed by atoms with Gasteiger partial charge >= 0.3 is 18.1 Å². The quantitative estimate of drug-likeness (QED) is 0.180. The van der Waals surface area contributed by atoms with Crippen LogP contribution >= 0.6 is 11.3 Å². The highest BCUT2D eigenvalue weighted by molar-refractivity contribution is 7.17. The molecule has 1 aromatic heterocycles. The lowest BCUT2D eigenvalue weighted by Crippen LogP contribution is -2.59. The van der Waals surface area contributed by atoms with Crippen molar-refractivity contribution in [2.45, 2.75) is 91.8 Å². The number of anilines is 2. The molecule has 47 heavy (non-hydrogen) atoms. The Hall–Kier alpha value is -4.44. The summed E-state index contributed by atoms with van der Waals surface area (Å²) >= 11 is 0.959. The third-order valence-electron chi connectivity index (χ3n) is 6.52. The monoisotopic (exact) mass is 677 g/mol. The van der Waals surface area contributed by atoms with E-state index in [0.29, 0.717) is 24.2 Å². The first-order chi connectivity index (χ1) is 21.5. The van der Waals surface area contributed by atoms with Gasteiger partial charge < -0.3 is 46.5 Å². The molecule has 2 rings (SSSR count). The maximum absolute atomic E-state index is 13.3. The lowest BCUT2D eigenvalue weighted by Gasteiger charge is -2.42. The number of aliphatic hydroxyl groups excluding tert-OH is 1. The van der Waals surface area contributed by atoms with Gasteiger partial charge in [0.15, 0.2) is 5.13 Å². The van der Waals surface area contributed by atoms with Crippen LogP contribution in [0.25, 0.3) is 0 Å². The number of primary amides is 1. The Morgan fingerprint density at radius 2 is 1.60 bits per heavy atom. The number of hydrogen-bond acceptors (Lipinski definition) is 11. The van der Waals surface area contributed by atoms with Gasteiger partial charge in [0.1, 0.15) is 10.9 Å². The zero-order valence-corrected chi connectivity index (χ0v) is 29.4. The number of alkyl carbamates (subject to hydrolysis) is 1. The normalized spacial score (nSPS) is 14.1. The van der Waals surface area contributed by atoms with Crippen LogP contribution in [0.4, 0.5) is 20.4 Å². The van der Waals surface area contributed by atoms with Crippen molar-refractivity contribution in [3.8, 4) is 0 Å². The Labute approximate surface area is 279 Å². The highest BCUT2D eigenvalue weighted by Crippen LogP contribution is 2.37. The molecule has 2 aromatic rings. The highest BCUT2D eigenvalue weighted by atomic mass is 32.1. The number of hydrogen-bond donors (Lipinski definition) is 6. The minimum atomic E-state index is -1.98. The number of amides is 5. The Kier molecular flexibility index (Phi) is 12.7. The summed E-state index contributed by atoms with van der Waals surface area (Å²) < 4.78 is 11.1. The van der Waals surface area contributed by atoms with Crippen molar-refractivity contribution in [1.29, 1.82) is 0 Å². The van der Waals surface area contributed by atoms with E-state index in [1.54, 1.807) is 65.8 Å². The molecule has 3 atom stereocenters. The van der Waals surface area contributed by atoms with Crippen LogP contribution in [0.5, 0.6) is 0 Å². The van der Waals surface area contributed by atoms with Crippen LogP contribution in [-0.4, -0.2) is 82.6 Å². The maximum atomic E-state index is 13.3. The Balaban J connectivity index is 2.32. The average molecular weight is 678 g/mol. The van der Waals surface area contributed by atoms with Gasteiger partial charge in [-0.25, -0.2) is 14.6 Å². The zero-order chi connectivity index (χ0) is 35.9. The molecule has 1 aromatic carbocycles. The van der Waals surface area contributed by atoms with E-state index in [1.165, 1.54) is 32.8 Å². The summed E-state index contributed by atoms with van der Waals surface area (Å²) in [6, 6.07) is 5.79. The number of carbonyl (C=O) groups excluding carboxylic acids is 5. The van der Waals surface area contributed by atoms with Crippen LogP contribution in [0.3, 0.4) is 0 Å². The van der Waals surface area contributed by atoms with Crippen LogP contribution in [0.15, 0.2) is 24.3 Å². The van der Waals surface area contributed by atoms with E-state index in [0.717, 1.165) is 16.9 Å². The minimum Gasteiger partial charge on any atom is -0.391 e. The fourth-order valence-electron chi connectivity index (χ4n) is 4.15. The van der Waals surface area contributed by atoms with Gasteiger partial charge in [-0.15, -0.1) is 0 Å². The van der Waals surface area contributed by atoms with Gasteiger partial charge in [0.05, 0.1) is 17.2 Å². The van der Waals surface area contributed by atoms with E-state index in [-0.39, 0.29) is 15.9 Å². The summed E-state index contributed by atoms with van der Waals surface area (Å²) in [6.07, 6.45) is -2.42. The number of aliphatic hydroxyl groups is 1. The van der Waals surface area contributed by atoms with Gasteiger partial charge in [0.2, 0.25) is 11.8 Å². The standard InChI is InChI=1S/C31H47N7O8S/c1-17(39)22(25(42)38(9)10)35-24(41)23-21(34-27(47-23)33-18(2)40)16-13-19-11-14-20(15-12-19)36-31(29(3,4)5,45-26(32)43)46-28(44)37-30(6,7)8/h11-12,14-15,17,22,36,39H,13,16H2,1-10H3,(H2,32,43)(H,35,41)(H,37,44)(H,33,34,40)/t17-,22-,31?/m0/s1. The highest BCUT2D eigenvalue weighted by Gasteiger charge is 2.50. The van der Waals surface area contributed by atoms with Gasteiger partial charge in [-0.1, -0.05) is 44.2 Å². The molecular formula is C31H47N7O8S. The molecule has 5 amide bonds. The number of aromatic nitrogens is 1. The topological polar surface area (TPSA) is 214 Å². The first kappa shape index (κ1) is 38.7. The van der Waals surface area contributed by atoms with Crippen LogP contribution in [-0.2, 0) is 31.9 Å². The number of benzene rings is 1. The summed E-state index contributed by atoms with van der Waals surface area (Å²) in [7, 11) is 3.03. The predicted octanol–water partition coefficient (Wildman–Crippen LogP) is 3.19. The number of aryl methyl sites for hydroxylation is 2. The van der Waals surface area contributed by atoms with Crippen molar-refractivity contribution in [3.05, 3.63) is 40.4 Å². The van der Waals surface area contributed by atoms with Crippen LogP contribution in [0.1, 0.15) is 76.3 Å². The Bertz CT molecular complexity index is 1450. The fourth-order valence-corrected chi connectivity index (χ4v) is 5.11. The van der Waals surface area contributed by atoms with Gasteiger partial charge in [0, 0.05) is 32.2 Å². The molecule has 0 spiro atoms. The van der Waals surface area contributed by atoms with Gasteiger partial charge in [0.25, 0.3) is 5.91 Å². The molecule has 7 N–H and O–H groups in total. The smallest absolute Gasteiger partial charge is 0.391 e. The lowest BCUT2D eigenvalue weighted by atomic mass is 9.90. The van der Waals surface area contributed by atoms with E-state index in [4.69, 9.17) is 15.2 Å². The number of likely N-dealkylation sites (N-methyl/N-ethyl adjacent to an activating group) is 1. The number of nitrogens with two attached hydrogens (primary N) is 1. The predicted molar refractivity (Wildman–Crippen MR) is 178 cm³/mol. The molecule has 1 unspecified atom stereocenters. The molecule has 0 aliphatic heterocycles. The largest absolute Gasteiger partial charge is 0.412 e. The third-order valence-corrected chi connectivity index (χ3v) is 7.53. The zero-order valence-electron chi connectivity index (χ0n) is 28.6. The number of ether oxygens (including phenoxy) is 2. The second-order valence-corrected chi connectivity index (χ2v) is 14.3. The molecule has 16 heteroatoms. The number of thiazole rings is 1. The maximum Gasteiger partial charge on any atom is 0.412 e. The average Bonchev–Trinajstić information content (AvgIpc) is 3.30. The summed E-state index contributed by atoms with van der Waals surface area (Å²) in [5, 5.41) is 21.2. The molecule has 0 radical (unpaired) electrons. The summed E-state index contributed by atoms with van der Waals surface area (Å²) in [5.41, 5.74) is 5.45. The SMILES string of the molecule is CC(=O)Nc1nc(CCc2ccc(NC(OC(N)=O)(OC(=O)NC(C)(C)C)C(C)(C)C)cc2)c(C(=O)N[C@H](C(=O)N(C)C)[C@H](C)O)s1. The Morgan fingerprint density at radius 1 is 1.00 bits per heavy atom. The number of rotatable bonds is 12. The molecule has 0 bridgehead atoms. The molecule has 0 saturated heterocycles. The van der Waals surface area contributed by atoms with Crippen molar-refractivity contribution in [2.75, 3.05) is 24.7 Å². The summed E-state index contributed by atoms with van der Waals surface area (Å²) in [4.78, 5) is 68.1. The van der Waals surface area contributed by atoms with Crippen molar-refractivity contribution in [1.82, 2.24) is 20.5 Å². The fraction of sp³-hybridized carbons (Fsp3) is 0.548. The third kappa shape index (κ3) is 11.4. The van der Waals surface area contributed by atoms with Crippen molar-refractivity contribution >= 4 is 52.1 Å². The van der Waals surface area contributed by atoms with Crippen molar-refractivity contribution in [3.63, 3.8) is 0 Å². The second-order valence-electron chi connectivity index (χ2n) is 13.3. The first-order valence-corrected chi connectivity index (χ1v) is 15.7. The number of nitrogens with zero attached hydrogens (tertiary/aromatic N) is 2. The molecule has 0 aliphatic carbocycles. The molecule has 0 fully saturated rings. The molecule has 0 aliphatic rings. The molecule has 0 saturated carbocycles. The van der Waals surface area contributed by atoms with Crippen molar-refractivity contribution in [2.24, 2.45) is 11.1 Å². The molecule has 1 heterocycles. The van der Waals surface area contributed by atoms with Crippen molar-refractivity contribution < 1.29 is 38.6 Å². The van der Waals surface area contributed by atoms with Gasteiger partial charge in [-0.3, -0.25) is 14.4 Å². The summed E-state index contributed by atoms with van der Waals surface area (Å²) in [5.74, 6) is -3.43. The van der Waals surface area contributed by atoms with Crippen LogP contribution in [0, 0.1) is 5.41 Å². The van der Waals surface area contributed by atoms with E-state index in [9.17, 15) is 29.1 Å². The van der Waals surface area contributed by atoms with E-state index in [1.807, 2.05) is 0 Å². The van der Waals surface area contributed by atoms with E-state index < -0.39 is 53.0 Å². The van der Waals surface area contributed by atoms with Crippen LogP contribution < -0.4 is 27.0 Å². The number of carbonyl (C=O) groups is 5.